The molecule has 80 valence electrons. The molecule has 0 aliphatic rings. The minimum absolute atomic E-state index is 0.222. The van der Waals surface area contributed by atoms with E-state index in [1.54, 1.807) is 23.5 Å². The van der Waals surface area contributed by atoms with E-state index in [-0.39, 0.29) is 5.82 Å². The number of fused-ring (bicyclic) bond motifs is 1. The number of rotatable bonds is 1. The fourth-order valence-corrected chi connectivity index (χ4v) is 2.48. The standard InChI is InChI=1S/C12H9FN2S/c1-8-6-15-7-11(14-12(15)16-8)9-2-4-10(13)5-3-9/h2-7H,1H3. The van der Waals surface area contributed by atoms with Gasteiger partial charge in [-0.1, -0.05) is 0 Å². The molecule has 3 aromatic rings. The first kappa shape index (κ1) is 9.54. The highest BCUT2D eigenvalue weighted by Crippen LogP contribution is 2.23. The van der Waals surface area contributed by atoms with Crippen LogP contribution in [0.2, 0.25) is 0 Å². The summed E-state index contributed by atoms with van der Waals surface area (Å²) in [5.74, 6) is -0.222. The highest BCUT2D eigenvalue weighted by Gasteiger charge is 2.06. The molecule has 1 aromatic carbocycles. The zero-order valence-corrected chi connectivity index (χ0v) is 9.46. The second kappa shape index (κ2) is 3.42. The van der Waals surface area contributed by atoms with Gasteiger partial charge in [0.25, 0.3) is 0 Å². The number of hydrogen-bond donors (Lipinski definition) is 0. The molecule has 0 atom stereocenters. The van der Waals surface area contributed by atoms with Crippen molar-refractivity contribution >= 4 is 16.3 Å². The molecule has 0 saturated carbocycles. The monoisotopic (exact) mass is 232 g/mol. The molecule has 0 unspecified atom stereocenters. The Hall–Kier alpha value is -1.68. The molecule has 16 heavy (non-hydrogen) atoms. The van der Waals surface area contributed by atoms with E-state index in [1.165, 1.54) is 17.0 Å². The lowest BCUT2D eigenvalue weighted by Gasteiger charge is -1.94. The molecule has 2 nitrogen and oxygen atoms in total. The third-order valence-electron chi connectivity index (χ3n) is 2.41. The molecule has 2 aromatic heterocycles. The van der Waals surface area contributed by atoms with E-state index >= 15 is 0 Å². The Kier molecular flexibility index (Phi) is 2.04. The van der Waals surface area contributed by atoms with Gasteiger partial charge in [0.05, 0.1) is 5.69 Å². The third-order valence-corrected chi connectivity index (χ3v) is 3.32. The van der Waals surface area contributed by atoms with Crippen molar-refractivity contribution in [2.24, 2.45) is 0 Å². The average molecular weight is 232 g/mol. The molecule has 0 N–H and O–H groups in total. The maximum Gasteiger partial charge on any atom is 0.194 e. The summed E-state index contributed by atoms with van der Waals surface area (Å²) in [5, 5.41) is 0. The number of benzene rings is 1. The van der Waals surface area contributed by atoms with Crippen LogP contribution in [-0.4, -0.2) is 9.38 Å². The van der Waals surface area contributed by atoms with Crippen molar-refractivity contribution in [1.29, 1.82) is 0 Å². The van der Waals surface area contributed by atoms with Crippen LogP contribution >= 0.6 is 11.3 Å². The summed E-state index contributed by atoms with van der Waals surface area (Å²) < 4.78 is 14.8. The SMILES string of the molecule is Cc1cn2cc(-c3ccc(F)cc3)nc2s1. The van der Waals surface area contributed by atoms with Gasteiger partial charge in [-0.25, -0.2) is 9.37 Å². The van der Waals surface area contributed by atoms with Gasteiger partial charge in [0.15, 0.2) is 4.96 Å². The lowest BCUT2D eigenvalue weighted by molar-refractivity contribution is 0.628. The van der Waals surface area contributed by atoms with Gasteiger partial charge in [-0.15, -0.1) is 11.3 Å². The van der Waals surface area contributed by atoms with Crippen LogP contribution in [0.1, 0.15) is 4.88 Å². The largest absolute Gasteiger partial charge is 0.297 e. The molecule has 0 aliphatic heterocycles. The Balaban J connectivity index is 2.11. The van der Waals surface area contributed by atoms with Crippen molar-refractivity contribution in [3.05, 3.63) is 47.4 Å². The third kappa shape index (κ3) is 1.51. The second-order valence-corrected chi connectivity index (χ2v) is 4.88. The fourth-order valence-electron chi connectivity index (χ4n) is 1.67. The number of hydrogen-bond acceptors (Lipinski definition) is 2. The smallest absolute Gasteiger partial charge is 0.194 e. The number of aryl methyl sites for hydroxylation is 1. The van der Waals surface area contributed by atoms with E-state index in [0.29, 0.717) is 0 Å². The maximum absolute atomic E-state index is 12.8. The zero-order chi connectivity index (χ0) is 11.1. The van der Waals surface area contributed by atoms with Crippen molar-refractivity contribution in [2.45, 2.75) is 6.92 Å². The molecule has 0 radical (unpaired) electrons. The van der Waals surface area contributed by atoms with Crippen LogP contribution in [0, 0.1) is 12.7 Å². The van der Waals surface area contributed by atoms with Crippen molar-refractivity contribution in [1.82, 2.24) is 9.38 Å². The van der Waals surface area contributed by atoms with Crippen molar-refractivity contribution in [3.8, 4) is 11.3 Å². The molecule has 0 bridgehead atoms. The van der Waals surface area contributed by atoms with Gasteiger partial charge >= 0.3 is 0 Å². The average Bonchev–Trinajstić information content (AvgIpc) is 2.75. The van der Waals surface area contributed by atoms with E-state index in [0.717, 1.165) is 16.2 Å². The van der Waals surface area contributed by atoms with E-state index in [1.807, 2.05) is 16.8 Å². The molecule has 0 saturated heterocycles. The summed E-state index contributed by atoms with van der Waals surface area (Å²) in [7, 11) is 0. The van der Waals surface area contributed by atoms with Crippen LogP contribution in [0.5, 0.6) is 0 Å². The van der Waals surface area contributed by atoms with Gasteiger partial charge in [0.2, 0.25) is 0 Å². The van der Waals surface area contributed by atoms with E-state index in [9.17, 15) is 4.39 Å². The minimum atomic E-state index is -0.222. The van der Waals surface area contributed by atoms with Crippen LogP contribution in [0.15, 0.2) is 36.7 Å². The predicted molar refractivity (Wildman–Crippen MR) is 63.2 cm³/mol. The Morgan fingerprint density at radius 3 is 2.62 bits per heavy atom. The van der Waals surface area contributed by atoms with Gasteiger partial charge in [0, 0.05) is 22.8 Å². The summed E-state index contributed by atoms with van der Waals surface area (Å²) in [6.07, 6.45) is 4.01. The number of nitrogens with zero attached hydrogens (tertiary/aromatic N) is 2. The first-order chi connectivity index (χ1) is 7.72. The number of thiazole rings is 1. The summed E-state index contributed by atoms with van der Waals surface area (Å²) in [5.41, 5.74) is 1.82. The summed E-state index contributed by atoms with van der Waals surface area (Å²) in [4.78, 5) is 6.69. The first-order valence-corrected chi connectivity index (χ1v) is 5.75. The molecule has 3 rings (SSSR count). The highest BCUT2D eigenvalue weighted by atomic mass is 32.1. The highest BCUT2D eigenvalue weighted by molar-refractivity contribution is 7.17. The predicted octanol–water partition coefficient (Wildman–Crippen LogP) is 3.51. The van der Waals surface area contributed by atoms with Crippen LogP contribution in [0.3, 0.4) is 0 Å². The molecule has 2 heterocycles. The van der Waals surface area contributed by atoms with Crippen molar-refractivity contribution in [3.63, 3.8) is 0 Å². The second-order valence-electron chi connectivity index (χ2n) is 3.66. The number of halogens is 1. The molecule has 0 spiro atoms. The van der Waals surface area contributed by atoms with Gasteiger partial charge in [-0.3, -0.25) is 4.40 Å². The van der Waals surface area contributed by atoms with E-state index in [4.69, 9.17) is 0 Å². The molecule has 0 fully saturated rings. The van der Waals surface area contributed by atoms with Gasteiger partial charge < -0.3 is 0 Å². The molecule has 0 aliphatic carbocycles. The Morgan fingerprint density at radius 1 is 1.19 bits per heavy atom. The Bertz CT molecular complexity index is 605. The van der Waals surface area contributed by atoms with Crippen molar-refractivity contribution < 1.29 is 4.39 Å². The number of aromatic nitrogens is 2. The van der Waals surface area contributed by atoms with Crippen LogP contribution in [0.4, 0.5) is 4.39 Å². The van der Waals surface area contributed by atoms with Crippen molar-refractivity contribution in [2.75, 3.05) is 0 Å². The van der Waals surface area contributed by atoms with Crippen LogP contribution < -0.4 is 0 Å². The minimum Gasteiger partial charge on any atom is -0.297 e. The van der Waals surface area contributed by atoms with E-state index < -0.39 is 0 Å². The fraction of sp³-hybridized carbons (Fsp3) is 0.0833. The topological polar surface area (TPSA) is 17.3 Å². The number of imidazole rings is 1. The Morgan fingerprint density at radius 2 is 1.94 bits per heavy atom. The summed E-state index contributed by atoms with van der Waals surface area (Å²) in [6.45, 7) is 2.05. The molecule has 0 amide bonds. The quantitative estimate of drug-likeness (QED) is 0.627. The summed E-state index contributed by atoms with van der Waals surface area (Å²) in [6, 6.07) is 6.39. The lowest BCUT2D eigenvalue weighted by atomic mass is 10.2. The van der Waals surface area contributed by atoms with Crippen LogP contribution in [-0.2, 0) is 0 Å². The van der Waals surface area contributed by atoms with Crippen LogP contribution in [0.25, 0.3) is 16.2 Å². The molecule has 4 heteroatoms. The summed E-state index contributed by atoms with van der Waals surface area (Å²) >= 11 is 1.65. The molecular weight excluding hydrogens is 223 g/mol. The molecular formula is C12H9FN2S. The van der Waals surface area contributed by atoms with Gasteiger partial charge in [-0.05, 0) is 31.2 Å². The maximum atomic E-state index is 12.8. The normalized spacial score (nSPS) is 11.1. The van der Waals surface area contributed by atoms with Gasteiger partial charge in [0.1, 0.15) is 5.82 Å². The Labute approximate surface area is 96.0 Å². The van der Waals surface area contributed by atoms with E-state index in [2.05, 4.69) is 11.9 Å². The first-order valence-electron chi connectivity index (χ1n) is 4.93. The lowest BCUT2D eigenvalue weighted by Crippen LogP contribution is -1.78. The van der Waals surface area contributed by atoms with Gasteiger partial charge in [-0.2, -0.15) is 0 Å². The zero-order valence-electron chi connectivity index (χ0n) is 8.64.